The zero-order chi connectivity index (χ0) is 15.6. The number of nitrogens with two attached hydrogens (primary N) is 1. The second kappa shape index (κ2) is 5.68. The highest BCUT2D eigenvalue weighted by Crippen LogP contribution is 2.38. The maximum atomic E-state index is 12.6. The van der Waals surface area contributed by atoms with E-state index >= 15 is 0 Å². The third kappa shape index (κ3) is 3.84. The summed E-state index contributed by atoms with van der Waals surface area (Å²) in [5.74, 6) is 4.80. The van der Waals surface area contributed by atoms with Crippen LogP contribution in [0, 0.1) is 0 Å². The Labute approximate surface area is 110 Å². The van der Waals surface area contributed by atoms with Crippen LogP contribution in [-0.2, 0) is 12.4 Å². The SMILES string of the molecule is CCC(N=NN)c1cc(C(F)(F)F)cc(C(F)(F)F)c1. The molecule has 1 atom stereocenters. The highest BCUT2D eigenvalue weighted by Gasteiger charge is 2.37. The Hall–Kier alpha value is -1.80. The van der Waals surface area contributed by atoms with E-state index < -0.39 is 29.5 Å². The van der Waals surface area contributed by atoms with Crippen molar-refractivity contribution in [2.45, 2.75) is 31.7 Å². The van der Waals surface area contributed by atoms with Gasteiger partial charge in [-0.1, -0.05) is 12.1 Å². The van der Waals surface area contributed by atoms with E-state index in [1.54, 1.807) is 6.92 Å². The van der Waals surface area contributed by atoms with Crippen molar-refractivity contribution >= 4 is 0 Å². The summed E-state index contributed by atoms with van der Waals surface area (Å²) in [6.45, 7) is 1.55. The minimum absolute atomic E-state index is 0.0653. The minimum Gasteiger partial charge on any atom is -0.305 e. The van der Waals surface area contributed by atoms with Crippen LogP contribution in [0.5, 0.6) is 0 Å². The number of alkyl halides is 6. The summed E-state index contributed by atoms with van der Waals surface area (Å²) in [6.07, 6.45) is -9.60. The number of hydrogen-bond acceptors (Lipinski definition) is 2. The molecule has 9 heteroatoms. The van der Waals surface area contributed by atoms with Crippen LogP contribution in [0.25, 0.3) is 0 Å². The first-order valence-corrected chi connectivity index (χ1v) is 5.49. The summed E-state index contributed by atoms with van der Waals surface area (Å²) in [4.78, 5) is 0. The van der Waals surface area contributed by atoms with Crippen LogP contribution in [0.15, 0.2) is 28.5 Å². The molecule has 0 aliphatic heterocycles. The van der Waals surface area contributed by atoms with Crippen molar-refractivity contribution in [3.05, 3.63) is 34.9 Å². The fourth-order valence-electron chi connectivity index (χ4n) is 1.64. The molecule has 0 saturated carbocycles. The summed E-state index contributed by atoms with van der Waals surface area (Å²) >= 11 is 0. The number of benzene rings is 1. The third-order valence-electron chi connectivity index (χ3n) is 2.59. The Balaban J connectivity index is 3.45. The topological polar surface area (TPSA) is 50.7 Å². The Kier molecular flexibility index (Phi) is 4.61. The minimum atomic E-state index is -4.88. The van der Waals surface area contributed by atoms with Gasteiger partial charge < -0.3 is 5.84 Å². The molecule has 0 radical (unpaired) electrons. The fraction of sp³-hybridized carbons (Fsp3) is 0.455. The van der Waals surface area contributed by atoms with Crippen LogP contribution >= 0.6 is 0 Å². The van der Waals surface area contributed by atoms with Crippen molar-refractivity contribution in [3.8, 4) is 0 Å². The monoisotopic (exact) mass is 299 g/mol. The van der Waals surface area contributed by atoms with Crippen molar-refractivity contribution < 1.29 is 26.3 Å². The van der Waals surface area contributed by atoms with Gasteiger partial charge in [-0.2, -0.15) is 31.5 Å². The highest BCUT2D eigenvalue weighted by atomic mass is 19.4. The van der Waals surface area contributed by atoms with Gasteiger partial charge in [0, 0.05) is 0 Å². The smallest absolute Gasteiger partial charge is 0.305 e. The molecular formula is C11H11F6N3. The molecular weight excluding hydrogens is 288 g/mol. The van der Waals surface area contributed by atoms with Crippen LogP contribution in [0.2, 0.25) is 0 Å². The molecule has 112 valence electrons. The number of nitrogens with zero attached hydrogens (tertiary/aromatic N) is 2. The normalized spacial score (nSPS) is 14.8. The second-order valence-electron chi connectivity index (χ2n) is 3.99. The van der Waals surface area contributed by atoms with Crippen molar-refractivity contribution in [2.24, 2.45) is 16.2 Å². The summed E-state index contributed by atoms with van der Waals surface area (Å²) in [5, 5.41) is 6.36. The maximum Gasteiger partial charge on any atom is 0.416 e. The highest BCUT2D eigenvalue weighted by molar-refractivity contribution is 5.35. The summed E-state index contributed by atoms with van der Waals surface area (Å²) in [6, 6.07) is 0.356. The number of rotatable bonds is 3. The fourth-order valence-corrected chi connectivity index (χ4v) is 1.64. The lowest BCUT2D eigenvalue weighted by Gasteiger charge is -2.16. The second-order valence-corrected chi connectivity index (χ2v) is 3.99. The average molecular weight is 299 g/mol. The summed E-state index contributed by atoms with van der Waals surface area (Å²) < 4.78 is 75.9. The first-order chi connectivity index (χ1) is 9.09. The Bertz CT molecular complexity index is 460. The molecule has 0 heterocycles. The molecule has 0 aliphatic carbocycles. The molecule has 0 spiro atoms. The van der Waals surface area contributed by atoms with Gasteiger partial charge in [0.25, 0.3) is 0 Å². The lowest BCUT2D eigenvalue weighted by atomic mass is 9.98. The quantitative estimate of drug-likeness (QED) is 0.380. The molecule has 1 rings (SSSR count). The van der Waals surface area contributed by atoms with E-state index in [2.05, 4.69) is 10.3 Å². The van der Waals surface area contributed by atoms with Crippen LogP contribution in [-0.4, -0.2) is 0 Å². The van der Waals surface area contributed by atoms with Crippen molar-refractivity contribution in [1.82, 2.24) is 0 Å². The van der Waals surface area contributed by atoms with Crippen LogP contribution in [0.1, 0.15) is 36.1 Å². The standard InChI is InChI=1S/C11H11F6N3/c1-2-9(19-20-18)6-3-7(10(12,13)14)5-8(4-6)11(15,16)17/h3-5,9H,2H2,1H3,(H2,18,19). The molecule has 20 heavy (non-hydrogen) atoms. The van der Waals surface area contributed by atoms with Gasteiger partial charge in [0.2, 0.25) is 0 Å². The Morgan fingerprint density at radius 2 is 1.45 bits per heavy atom. The number of halogens is 6. The molecule has 0 aromatic heterocycles. The third-order valence-corrected chi connectivity index (χ3v) is 2.59. The predicted molar refractivity (Wildman–Crippen MR) is 58.5 cm³/mol. The average Bonchev–Trinajstić information content (AvgIpc) is 2.33. The van der Waals surface area contributed by atoms with E-state index in [4.69, 9.17) is 5.84 Å². The first-order valence-electron chi connectivity index (χ1n) is 5.49. The molecule has 0 amide bonds. The van der Waals surface area contributed by atoms with Gasteiger partial charge in [-0.05, 0) is 30.2 Å². The molecule has 0 saturated heterocycles. The van der Waals surface area contributed by atoms with E-state index in [1.165, 1.54) is 0 Å². The van der Waals surface area contributed by atoms with Gasteiger partial charge >= 0.3 is 12.4 Å². The van der Waals surface area contributed by atoms with Gasteiger partial charge in [0.15, 0.2) is 0 Å². The van der Waals surface area contributed by atoms with Gasteiger partial charge in [0.1, 0.15) is 0 Å². The van der Waals surface area contributed by atoms with E-state index in [0.717, 1.165) is 0 Å². The van der Waals surface area contributed by atoms with Crippen molar-refractivity contribution in [3.63, 3.8) is 0 Å². The van der Waals surface area contributed by atoms with Gasteiger partial charge in [-0.3, -0.25) is 0 Å². The molecule has 0 fully saturated rings. The molecule has 0 aliphatic rings. The van der Waals surface area contributed by atoms with Crippen LogP contribution in [0.4, 0.5) is 26.3 Å². The van der Waals surface area contributed by atoms with Gasteiger partial charge in [0.05, 0.1) is 17.2 Å². The van der Waals surface area contributed by atoms with Gasteiger partial charge in [-0.25, -0.2) is 0 Å². The summed E-state index contributed by atoms with van der Waals surface area (Å²) in [7, 11) is 0. The predicted octanol–water partition coefficient (Wildman–Crippen LogP) is 4.50. The first kappa shape index (κ1) is 16.3. The Morgan fingerprint density at radius 3 is 1.75 bits per heavy atom. The van der Waals surface area contributed by atoms with E-state index in [-0.39, 0.29) is 18.1 Å². The van der Waals surface area contributed by atoms with Crippen molar-refractivity contribution in [1.29, 1.82) is 0 Å². The molecule has 1 aromatic rings. The Morgan fingerprint density at radius 1 is 1.00 bits per heavy atom. The van der Waals surface area contributed by atoms with Crippen molar-refractivity contribution in [2.75, 3.05) is 0 Å². The molecule has 2 N–H and O–H groups in total. The van der Waals surface area contributed by atoms with Crippen LogP contribution in [0.3, 0.4) is 0 Å². The molecule has 0 bridgehead atoms. The van der Waals surface area contributed by atoms with E-state index in [1.807, 2.05) is 0 Å². The zero-order valence-electron chi connectivity index (χ0n) is 10.3. The van der Waals surface area contributed by atoms with Crippen LogP contribution < -0.4 is 5.84 Å². The molecule has 1 unspecified atom stereocenters. The van der Waals surface area contributed by atoms with E-state index in [9.17, 15) is 26.3 Å². The van der Waals surface area contributed by atoms with Gasteiger partial charge in [-0.15, -0.1) is 0 Å². The largest absolute Gasteiger partial charge is 0.416 e. The van der Waals surface area contributed by atoms with E-state index in [0.29, 0.717) is 12.1 Å². The number of hydrogen-bond donors (Lipinski definition) is 1. The zero-order valence-corrected chi connectivity index (χ0v) is 10.3. The lowest BCUT2D eigenvalue weighted by Crippen LogP contribution is -2.12. The molecule has 3 nitrogen and oxygen atoms in total. The lowest BCUT2D eigenvalue weighted by molar-refractivity contribution is -0.143. The summed E-state index contributed by atoms with van der Waals surface area (Å²) in [5.41, 5.74) is -3.00. The molecule has 1 aromatic carbocycles. The maximum absolute atomic E-state index is 12.6.